The van der Waals surface area contributed by atoms with Gasteiger partial charge in [0.1, 0.15) is 5.75 Å². The molecule has 0 amide bonds. The SMILES string of the molecule is COc1ccc(C=NCC[C@H](c2ccccc2OC)[C@@H]2CCOC(C)(C)C2)cc1OC. The first-order valence-electron chi connectivity index (χ1n) is 11.0. The van der Waals surface area contributed by atoms with Crippen molar-refractivity contribution in [3.8, 4) is 17.2 Å². The van der Waals surface area contributed by atoms with Crippen LogP contribution in [0.2, 0.25) is 0 Å². The van der Waals surface area contributed by atoms with Gasteiger partial charge in [0.2, 0.25) is 0 Å². The molecule has 2 aromatic rings. The number of hydrogen-bond donors (Lipinski definition) is 0. The molecule has 1 aliphatic heterocycles. The fourth-order valence-electron chi connectivity index (χ4n) is 4.56. The summed E-state index contributed by atoms with van der Waals surface area (Å²) in [6.45, 7) is 5.92. The summed E-state index contributed by atoms with van der Waals surface area (Å²) >= 11 is 0. The Morgan fingerprint density at radius 3 is 2.48 bits per heavy atom. The number of ether oxygens (including phenoxy) is 4. The normalized spacial score (nSPS) is 19.2. The number of rotatable bonds is 9. The highest BCUT2D eigenvalue weighted by molar-refractivity contribution is 5.80. The van der Waals surface area contributed by atoms with Gasteiger partial charge in [0.05, 0.1) is 26.9 Å². The maximum absolute atomic E-state index is 5.98. The molecule has 0 aromatic heterocycles. The van der Waals surface area contributed by atoms with Crippen molar-refractivity contribution in [2.45, 2.75) is 44.6 Å². The van der Waals surface area contributed by atoms with Gasteiger partial charge in [0, 0.05) is 19.4 Å². The second-order valence-electron chi connectivity index (χ2n) is 8.65. The Balaban J connectivity index is 1.75. The van der Waals surface area contributed by atoms with Crippen LogP contribution in [-0.4, -0.2) is 46.3 Å². The molecule has 168 valence electrons. The molecule has 5 nitrogen and oxygen atoms in total. The molecule has 1 heterocycles. The molecule has 2 aromatic carbocycles. The highest BCUT2D eigenvalue weighted by Crippen LogP contribution is 2.42. The number of nitrogens with zero attached hydrogens (tertiary/aromatic N) is 1. The molecule has 1 fully saturated rings. The van der Waals surface area contributed by atoms with Crippen LogP contribution in [0.1, 0.15) is 50.2 Å². The van der Waals surface area contributed by atoms with Crippen LogP contribution in [-0.2, 0) is 4.74 Å². The van der Waals surface area contributed by atoms with Gasteiger partial charge in [-0.25, -0.2) is 0 Å². The van der Waals surface area contributed by atoms with E-state index >= 15 is 0 Å². The van der Waals surface area contributed by atoms with E-state index in [2.05, 4.69) is 32.0 Å². The molecule has 2 atom stereocenters. The van der Waals surface area contributed by atoms with E-state index < -0.39 is 0 Å². The van der Waals surface area contributed by atoms with E-state index in [9.17, 15) is 0 Å². The summed E-state index contributed by atoms with van der Waals surface area (Å²) in [5.74, 6) is 3.31. The van der Waals surface area contributed by atoms with Crippen LogP contribution >= 0.6 is 0 Å². The zero-order chi connectivity index (χ0) is 22.3. The molecule has 0 spiro atoms. The van der Waals surface area contributed by atoms with Gasteiger partial charge < -0.3 is 18.9 Å². The third kappa shape index (κ3) is 6.01. The van der Waals surface area contributed by atoms with Crippen molar-refractivity contribution < 1.29 is 18.9 Å². The average Bonchev–Trinajstić information content (AvgIpc) is 2.78. The van der Waals surface area contributed by atoms with Crippen molar-refractivity contribution >= 4 is 6.21 Å². The van der Waals surface area contributed by atoms with Crippen molar-refractivity contribution in [2.75, 3.05) is 34.5 Å². The number of para-hydroxylation sites is 1. The van der Waals surface area contributed by atoms with Crippen LogP contribution in [0.5, 0.6) is 17.2 Å². The van der Waals surface area contributed by atoms with E-state index in [-0.39, 0.29) is 5.60 Å². The minimum Gasteiger partial charge on any atom is -0.496 e. The lowest BCUT2D eigenvalue weighted by Crippen LogP contribution is -2.36. The highest BCUT2D eigenvalue weighted by Gasteiger charge is 2.34. The predicted octanol–water partition coefficient (Wildman–Crippen LogP) is 5.51. The van der Waals surface area contributed by atoms with Gasteiger partial charge in [0.15, 0.2) is 11.5 Å². The minimum absolute atomic E-state index is 0.0912. The predicted molar refractivity (Wildman–Crippen MR) is 125 cm³/mol. The molecule has 0 bridgehead atoms. The summed E-state index contributed by atoms with van der Waals surface area (Å²) in [7, 11) is 5.03. The average molecular weight is 426 g/mol. The van der Waals surface area contributed by atoms with E-state index in [0.717, 1.165) is 49.5 Å². The Kier molecular flexibility index (Phi) is 7.97. The molecule has 3 rings (SSSR count). The van der Waals surface area contributed by atoms with Gasteiger partial charge in [-0.3, -0.25) is 4.99 Å². The smallest absolute Gasteiger partial charge is 0.161 e. The van der Waals surface area contributed by atoms with Gasteiger partial charge >= 0.3 is 0 Å². The summed E-state index contributed by atoms with van der Waals surface area (Å²) in [5, 5.41) is 0. The van der Waals surface area contributed by atoms with Crippen LogP contribution in [0, 0.1) is 5.92 Å². The summed E-state index contributed by atoms with van der Waals surface area (Å²) < 4.78 is 22.4. The van der Waals surface area contributed by atoms with E-state index in [4.69, 9.17) is 23.9 Å². The summed E-state index contributed by atoms with van der Waals surface area (Å²) in [4.78, 5) is 4.73. The third-order valence-electron chi connectivity index (χ3n) is 6.06. The van der Waals surface area contributed by atoms with Gasteiger partial charge in [-0.15, -0.1) is 0 Å². The Hall–Kier alpha value is -2.53. The lowest BCUT2D eigenvalue weighted by molar-refractivity contribution is -0.0771. The zero-order valence-electron chi connectivity index (χ0n) is 19.4. The molecule has 0 unspecified atom stereocenters. The number of benzene rings is 2. The van der Waals surface area contributed by atoms with E-state index in [0.29, 0.717) is 17.6 Å². The van der Waals surface area contributed by atoms with E-state index in [1.807, 2.05) is 30.5 Å². The Labute approximate surface area is 186 Å². The maximum atomic E-state index is 5.98. The Morgan fingerprint density at radius 2 is 1.77 bits per heavy atom. The van der Waals surface area contributed by atoms with Crippen LogP contribution in [0.25, 0.3) is 0 Å². The van der Waals surface area contributed by atoms with Crippen molar-refractivity contribution in [3.05, 3.63) is 53.6 Å². The molecule has 0 N–H and O–H groups in total. The summed E-state index contributed by atoms with van der Waals surface area (Å²) in [6, 6.07) is 14.2. The monoisotopic (exact) mass is 425 g/mol. The van der Waals surface area contributed by atoms with Gasteiger partial charge in [-0.2, -0.15) is 0 Å². The molecule has 0 radical (unpaired) electrons. The molecule has 0 aliphatic carbocycles. The van der Waals surface area contributed by atoms with Gasteiger partial charge in [0.25, 0.3) is 0 Å². The van der Waals surface area contributed by atoms with Crippen molar-refractivity contribution in [3.63, 3.8) is 0 Å². The lowest BCUT2D eigenvalue weighted by atomic mass is 9.75. The molecular weight excluding hydrogens is 390 g/mol. The number of methoxy groups -OCH3 is 3. The van der Waals surface area contributed by atoms with Crippen LogP contribution in [0.4, 0.5) is 0 Å². The number of aliphatic imine (C=N–C) groups is 1. The van der Waals surface area contributed by atoms with Crippen LogP contribution < -0.4 is 14.2 Å². The Bertz CT molecular complexity index is 877. The van der Waals surface area contributed by atoms with E-state index in [1.165, 1.54) is 5.56 Å². The van der Waals surface area contributed by atoms with Crippen molar-refractivity contribution in [2.24, 2.45) is 10.9 Å². The summed E-state index contributed by atoms with van der Waals surface area (Å²) in [5.41, 5.74) is 2.18. The zero-order valence-corrected chi connectivity index (χ0v) is 19.4. The molecule has 1 aliphatic rings. The number of hydrogen-bond acceptors (Lipinski definition) is 5. The topological polar surface area (TPSA) is 49.3 Å². The van der Waals surface area contributed by atoms with Gasteiger partial charge in [-0.1, -0.05) is 18.2 Å². The fourth-order valence-corrected chi connectivity index (χ4v) is 4.56. The second-order valence-corrected chi connectivity index (χ2v) is 8.65. The standard InChI is InChI=1S/C26H35NO4/c1-26(2)17-20(13-15-31-26)21(22-8-6-7-9-23(22)28-3)12-14-27-18-19-10-11-24(29-4)25(16-19)30-5/h6-11,16,18,20-21H,12-15,17H2,1-5H3/t20-,21+/m1/s1. The first-order valence-corrected chi connectivity index (χ1v) is 11.0. The minimum atomic E-state index is -0.0912. The molecule has 0 saturated carbocycles. The quantitative estimate of drug-likeness (QED) is 0.497. The molecule has 1 saturated heterocycles. The fraction of sp³-hybridized carbons (Fsp3) is 0.500. The molecule has 31 heavy (non-hydrogen) atoms. The van der Waals surface area contributed by atoms with Crippen molar-refractivity contribution in [1.82, 2.24) is 0 Å². The molecular formula is C26H35NO4. The second kappa shape index (κ2) is 10.7. The summed E-state index contributed by atoms with van der Waals surface area (Å²) in [6.07, 6.45) is 4.97. The highest BCUT2D eigenvalue weighted by atomic mass is 16.5. The van der Waals surface area contributed by atoms with Crippen LogP contribution in [0.15, 0.2) is 47.5 Å². The first-order chi connectivity index (χ1) is 15.0. The molecule has 5 heteroatoms. The van der Waals surface area contributed by atoms with E-state index in [1.54, 1.807) is 21.3 Å². The largest absolute Gasteiger partial charge is 0.496 e. The first kappa shape index (κ1) is 23.1. The third-order valence-corrected chi connectivity index (χ3v) is 6.06. The maximum Gasteiger partial charge on any atom is 0.161 e. The Morgan fingerprint density at radius 1 is 1.03 bits per heavy atom. The lowest BCUT2D eigenvalue weighted by Gasteiger charge is -2.39. The van der Waals surface area contributed by atoms with Crippen LogP contribution in [0.3, 0.4) is 0 Å². The van der Waals surface area contributed by atoms with Gasteiger partial charge in [-0.05, 0) is 80.3 Å². The van der Waals surface area contributed by atoms with Crippen molar-refractivity contribution in [1.29, 1.82) is 0 Å².